The van der Waals surface area contributed by atoms with Gasteiger partial charge in [-0.1, -0.05) is 13.8 Å². The van der Waals surface area contributed by atoms with Gasteiger partial charge in [0.15, 0.2) is 0 Å². The third-order valence-electron chi connectivity index (χ3n) is 4.19. The summed E-state index contributed by atoms with van der Waals surface area (Å²) in [5.74, 6) is 0.217. The number of rotatable bonds is 4. The van der Waals surface area contributed by atoms with Crippen LogP contribution in [0.3, 0.4) is 0 Å². The molecule has 2 rings (SSSR count). The summed E-state index contributed by atoms with van der Waals surface area (Å²) < 4.78 is 0. The number of hydrogen-bond acceptors (Lipinski definition) is 3. The zero-order chi connectivity index (χ0) is 14.6. The third-order valence-corrected chi connectivity index (χ3v) is 4.19. The van der Waals surface area contributed by atoms with E-state index in [0.29, 0.717) is 6.54 Å². The predicted octanol–water partition coefficient (Wildman–Crippen LogP) is 2.21. The largest absolute Gasteiger partial charge is 0.337 e. The Labute approximate surface area is 121 Å². The zero-order valence-electron chi connectivity index (χ0n) is 12.7. The third kappa shape index (κ3) is 3.37. The molecule has 0 bridgehead atoms. The van der Waals surface area contributed by atoms with Crippen LogP contribution in [0.1, 0.15) is 39.2 Å². The van der Waals surface area contributed by atoms with E-state index >= 15 is 0 Å². The first-order valence-electron chi connectivity index (χ1n) is 7.45. The molecule has 0 aliphatic carbocycles. The maximum atomic E-state index is 12.8. The standard InChI is InChI=1S/C16H25N3O/c1-4-19(12-13-6-10-17-11-7-13)15(20)14-16(2,3)8-5-9-18-14/h6-7,10-11,14,18H,4-5,8-9,12H2,1-3H3. The minimum Gasteiger partial charge on any atom is -0.337 e. The molecule has 2 heterocycles. The van der Waals surface area contributed by atoms with Crippen molar-refractivity contribution >= 4 is 5.91 Å². The number of carbonyl (C=O) groups is 1. The molecule has 4 nitrogen and oxygen atoms in total. The molecule has 1 aromatic heterocycles. The Kier molecular flexibility index (Phi) is 4.76. The van der Waals surface area contributed by atoms with Gasteiger partial charge >= 0.3 is 0 Å². The van der Waals surface area contributed by atoms with Crippen molar-refractivity contribution in [2.45, 2.75) is 46.2 Å². The molecule has 1 aliphatic rings. The van der Waals surface area contributed by atoms with Crippen LogP contribution in [-0.2, 0) is 11.3 Å². The molecule has 1 unspecified atom stereocenters. The van der Waals surface area contributed by atoms with E-state index in [1.807, 2.05) is 24.0 Å². The smallest absolute Gasteiger partial charge is 0.240 e. The quantitative estimate of drug-likeness (QED) is 0.916. The normalized spacial score (nSPS) is 21.4. The number of pyridine rings is 1. The number of aromatic nitrogens is 1. The van der Waals surface area contributed by atoms with Crippen LogP contribution < -0.4 is 5.32 Å². The molecular weight excluding hydrogens is 250 g/mol. The van der Waals surface area contributed by atoms with Gasteiger partial charge < -0.3 is 10.2 Å². The van der Waals surface area contributed by atoms with E-state index in [9.17, 15) is 4.79 Å². The van der Waals surface area contributed by atoms with Gasteiger partial charge in [-0.2, -0.15) is 0 Å². The Hall–Kier alpha value is -1.42. The Morgan fingerprint density at radius 3 is 2.75 bits per heavy atom. The highest BCUT2D eigenvalue weighted by molar-refractivity contribution is 5.83. The lowest BCUT2D eigenvalue weighted by Gasteiger charge is -2.40. The van der Waals surface area contributed by atoms with Crippen molar-refractivity contribution in [3.05, 3.63) is 30.1 Å². The second-order valence-corrected chi connectivity index (χ2v) is 6.19. The fraction of sp³-hybridized carbons (Fsp3) is 0.625. The van der Waals surface area contributed by atoms with Gasteiger partial charge in [0, 0.05) is 25.5 Å². The van der Waals surface area contributed by atoms with E-state index in [1.165, 1.54) is 0 Å². The lowest BCUT2D eigenvalue weighted by molar-refractivity contribution is -0.137. The summed E-state index contributed by atoms with van der Waals surface area (Å²) in [6.45, 7) is 8.73. The Morgan fingerprint density at radius 2 is 2.15 bits per heavy atom. The van der Waals surface area contributed by atoms with Crippen LogP contribution in [0.5, 0.6) is 0 Å². The van der Waals surface area contributed by atoms with E-state index in [1.54, 1.807) is 12.4 Å². The van der Waals surface area contributed by atoms with Crippen LogP contribution in [0.4, 0.5) is 0 Å². The molecular formula is C16H25N3O. The maximum Gasteiger partial charge on any atom is 0.240 e. The van der Waals surface area contributed by atoms with Gasteiger partial charge in [-0.05, 0) is 49.4 Å². The van der Waals surface area contributed by atoms with Crippen LogP contribution in [-0.4, -0.2) is 34.9 Å². The van der Waals surface area contributed by atoms with Crippen molar-refractivity contribution in [2.75, 3.05) is 13.1 Å². The van der Waals surface area contributed by atoms with E-state index in [-0.39, 0.29) is 17.4 Å². The fourth-order valence-corrected chi connectivity index (χ4v) is 2.87. The van der Waals surface area contributed by atoms with Crippen molar-refractivity contribution in [1.29, 1.82) is 0 Å². The Morgan fingerprint density at radius 1 is 1.45 bits per heavy atom. The molecule has 1 N–H and O–H groups in total. The van der Waals surface area contributed by atoms with Gasteiger partial charge in [-0.25, -0.2) is 0 Å². The SMILES string of the molecule is CCN(Cc1ccncc1)C(=O)C1NCCCC1(C)C. The lowest BCUT2D eigenvalue weighted by atomic mass is 9.77. The van der Waals surface area contributed by atoms with Crippen molar-refractivity contribution in [3.8, 4) is 0 Å². The van der Waals surface area contributed by atoms with Crippen molar-refractivity contribution in [3.63, 3.8) is 0 Å². The molecule has 1 amide bonds. The first-order chi connectivity index (χ1) is 9.54. The average molecular weight is 275 g/mol. The van der Waals surface area contributed by atoms with Gasteiger partial charge in [0.2, 0.25) is 5.91 Å². The number of hydrogen-bond donors (Lipinski definition) is 1. The number of likely N-dealkylation sites (N-methyl/N-ethyl adjacent to an activating group) is 1. The predicted molar refractivity (Wildman–Crippen MR) is 80.1 cm³/mol. The summed E-state index contributed by atoms with van der Waals surface area (Å²) in [5.41, 5.74) is 1.16. The van der Waals surface area contributed by atoms with Crippen molar-refractivity contribution < 1.29 is 4.79 Å². The molecule has 110 valence electrons. The van der Waals surface area contributed by atoms with Gasteiger partial charge in [0.05, 0.1) is 6.04 Å². The van der Waals surface area contributed by atoms with Gasteiger partial charge in [0.1, 0.15) is 0 Å². The first kappa shape index (κ1) is 15.0. The molecule has 4 heteroatoms. The van der Waals surface area contributed by atoms with Crippen LogP contribution in [0.2, 0.25) is 0 Å². The van der Waals surface area contributed by atoms with Crippen LogP contribution in [0.15, 0.2) is 24.5 Å². The molecule has 1 aromatic rings. The highest BCUT2D eigenvalue weighted by atomic mass is 16.2. The minimum absolute atomic E-state index is 0.0288. The summed E-state index contributed by atoms with van der Waals surface area (Å²) in [7, 11) is 0. The second kappa shape index (κ2) is 6.35. The molecule has 0 spiro atoms. The topological polar surface area (TPSA) is 45.2 Å². The van der Waals surface area contributed by atoms with Crippen LogP contribution in [0.25, 0.3) is 0 Å². The van der Waals surface area contributed by atoms with Crippen LogP contribution in [0, 0.1) is 5.41 Å². The zero-order valence-corrected chi connectivity index (χ0v) is 12.7. The van der Waals surface area contributed by atoms with Crippen molar-refractivity contribution in [2.24, 2.45) is 5.41 Å². The highest BCUT2D eigenvalue weighted by Gasteiger charge is 2.38. The Balaban J connectivity index is 2.08. The van der Waals surface area contributed by atoms with E-state index < -0.39 is 0 Å². The monoisotopic (exact) mass is 275 g/mol. The number of nitrogens with zero attached hydrogens (tertiary/aromatic N) is 2. The van der Waals surface area contributed by atoms with Gasteiger partial charge in [0.25, 0.3) is 0 Å². The molecule has 0 saturated carbocycles. The number of carbonyl (C=O) groups excluding carboxylic acids is 1. The lowest BCUT2D eigenvalue weighted by Crippen LogP contribution is -2.56. The highest BCUT2D eigenvalue weighted by Crippen LogP contribution is 2.31. The summed E-state index contributed by atoms with van der Waals surface area (Å²) in [6.07, 6.45) is 5.80. The summed E-state index contributed by atoms with van der Waals surface area (Å²) in [6, 6.07) is 3.86. The number of amides is 1. The molecule has 1 atom stereocenters. The molecule has 20 heavy (non-hydrogen) atoms. The summed E-state index contributed by atoms with van der Waals surface area (Å²) >= 11 is 0. The molecule has 0 radical (unpaired) electrons. The molecule has 1 saturated heterocycles. The van der Waals surface area contributed by atoms with Crippen molar-refractivity contribution in [1.82, 2.24) is 15.2 Å². The Bertz CT molecular complexity index is 444. The molecule has 0 aromatic carbocycles. The van der Waals surface area contributed by atoms with E-state index in [4.69, 9.17) is 0 Å². The number of piperidine rings is 1. The fourth-order valence-electron chi connectivity index (χ4n) is 2.87. The molecule has 1 aliphatic heterocycles. The molecule has 1 fully saturated rings. The maximum absolute atomic E-state index is 12.8. The van der Waals surface area contributed by atoms with Gasteiger partial charge in [-0.15, -0.1) is 0 Å². The second-order valence-electron chi connectivity index (χ2n) is 6.19. The number of nitrogens with one attached hydrogen (secondary N) is 1. The minimum atomic E-state index is -0.0713. The van der Waals surface area contributed by atoms with E-state index in [0.717, 1.165) is 31.5 Å². The summed E-state index contributed by atoms with van der Waals surface area (Å²) in [5, 5.41) is 3.41. The van der Waals surface area contributed by atoms with Crippen LogP contribution >= 0.6 is 0 Å². The first-order valence-corrected chi connectivity index (χ1v) is 7.45. The summed E-state index contributed by atoms with van der Waals surface area (Å²) in [4.78, 5) is 18.7. The van der Waals surface area contributed by atoms with E-state index in [2.05, 4.69) is 24.1 Å². The van der Waals surface area contributed by atoms with Gasteiger partial charge in [-0.3, -0.25) is 9.78 Å². The average Bonchev–Trinajstić information content (AvgIpc) is 2.45.